The monoisotopic (exact) mass is 449 g/mol. The standard InChI is InChI=1S/C31H31NO2/c1-17-9-10-25(23-11-21-7-5-6-8-27(21)32-16-23)26-13-22-12-24-14-28(33)18(2)15-31(24,34)20(4)30(22)19(3)29(17)26/h5-11,16,22,24,33-34H,3,12-15H2,1-2,4H3/t22?,24-,31+/m0/s1. The van der Waals surface area contributed by atoms with Crippen molar-refractivity contribution in [1.29, 1.82) is 0 Å². The Morgan fingerprint density at radius 1 is 1.06 bits per heavy atom. The minimum Gasteiger partial charge on any atom is -0.512 e. The van der Waals surface area contributed by atoms with Gasteiger partial charge in [0.1, 0.15) is 0 Å². The average Bonchev–Trinajstić information content (AvgIpc) is 2.81. The first kappa shape index (κ1) is 21.4. The minimum absolute atomic E-state index is 0.0369. The molecule has 3 aromatic rings. The van der Waals surface area contributed by atoms with E-state index in [1.54, 1.807) is 0 Å². The predicted octanol–water partition coefficient (Wildman–Crippen LogP) is 7.09. The predicted molar refractivity (Wildman–Crippen MR) is 138 cm³/mol. The molecule has 172 valence electrons. The van der Waals surface area contributed by atoms with Crippen LogP contribution in [0, 0.1) is 18.8 Å². The van der Waals surface area contributed by atoms with Crippen molar-refractivity contribution in [1.82, 2.24) is 4.98 Å². The highest BCUT2D eigenvalue weighted by Crippen LogP contribution is 2.56. The molecular weight excluding hydrogens is 418 g/mol. The van der Waals surface area contributed by atoms with Gasteiger partial charge in [0, 0.05) is 30.0 Å². The molecule has 3 aliphatic carbocycles. The average molecular weight is 450 g/mol. The quantitative estimate of drug-likeness (QED) is 0.417. The van der Waals surface area contributed by atoms with Crippen LogP contribution in [0.5, 0.6) is 0 Å². The summed E-state index contributed by atoms with van der Waals surface area (Å²) in [5, 5.41) is 23.4. The van der Waals surface area contributed by atoms with Gasteiger partial charge in [-0.15, -0.1) is 0 Å². The normalized spacial score (nSPS) is 26.4. The number of hydrogen-bond acceptors (Lipinski definition) is 3. The molecule has 0 spiro atoms. The first-order valence-electron chi connectivity index (χ1n) is 12.3. The highest BCUT2D eigenvalue weighted by Gasteiger charge is 2.50. The SMILES string of the molecule is C=C1C2=C(C)[C@]3(O)CC(C)=C(O)C[C@@H]3CC2Cc2c(-c3cnc4ccccc4c3)ccc(C)c21. The fourth-order valence-corrected chi connectivity index (χ4v) is 6.87. The van der Waals surface area contributed by atoms with Crippen LogP contribution in [0.15, 0.2) is 77.7 Å². The number of allylic oxidation sites excluding steroid dienone is 3. The van der Waals surface area contributed by atoms with Crippen LogP contribution < -0.4 is 0 Å². The van der Waals surface area contributed by atoms with Crippen molar-refractivity contribution in [2.75, 3.05) is 0 Å². The van der Waals surface area contributed by atoms with Crippen molar-refractivity contribution >= 4 is 16.5 Å². The lowest BCUT2D eigenvalue weighted by Gasteiger charge is -2.50. The maximum absolute atomic E-state index is 11.8. The number of aryl methyl sites for hydroxylation is 1. The molecular formula is C31H31NO2. The van der Waals surface area contributed by atoms with Gasteiger partial charge in [-0.1, -0.05) is 36.9 Å². The maximum Gasteiger partial charge on any atom is 0.0930 e. The molecule has 2 N–H and O–H groups in total. The lowest BCUT2D eigenvalue weighted by atomic mass is 9.57. The van der Waals surface area contributed by atoms with E-state index in [0.29, 0.717) is 24.5 Å². The molecule has 0 fully saturated rings. The van der Waals surface area contributed by atoms with Crippen LogP contribution in [0.4, 0.5) is 0 Å². The van der Waals surface area contributed by atoms with Crippen molar-refractivity contribution in [2.45, 2.75) is 52.1 Å². The lowest BCUT2D eigenvalue weighted by molar-refractivity contribution is -0.0158. The second-order valence-corrected chi connectivity index (χ2v) is 10.6. The zero-order valence-electron chi connectivity index (χ0n) is 20.2. The summed E-state index contributed by atoms with van der Waals surface area (Å²) in [5.74, 6) is 0.792. The number of nitrogens with zero attached hydrogens (tertiary/aromatic N) is 1. The van der Waals surface area contributed by atoms with Crippen LogP contribution in [0.25, 0.3) is 27.6 Å². The molecule has 3 nitrogen and oxygen atoms in total. The second kappa shape index (κ2) is 7.41. The summed E-state index contributed by atoms with van der Waals surface area (Å²) >= 11 is 0. The van der Waals surface area contributed by atoms with E-state index >= 15 is 0 Å². The maximum atomic E-state index is 11.8. The van der Waals surface area contributed by atoms with Crippen molar-refractivity contribution < 1.29 is 10.2 Å². The van der Waals surface area contributed by atoms with Gasteiger partial charge in [-0.2, -0.15) is 0 Å². The van der Waals surface area contributed by atoms with E-state index in [-0.39, 0.29) is 5.92 Å². The van der Waals surface area contributed by atoms with Crippen LogP contribution >= 0.6 is 0 Å². The summed E-state index contributed by atoms with van der Waals surface area (Å²) in [6.45, 7) is 10.8. The van der Waals surface area contributed by atoms with Gasteiger partial charge in [0.15, 0.2) is 0 Å². The third kappa shape index (κ3) is 2.96. The Morgan fingerprint density at radius 3 is 2.68 bits per heavy atom. The summed E-state index contributed by atoms with van der Waals surface area (Å²) < 4.78 is 0. The van der Waals surface area contributed by atoms with Crippen molar-refractivity contribution in [3.05, 3.63) is 94.4 Å². The second-order valence-electron chi connectivity index (χ2n) is 10.6. The van der Waals surface area contributed by atoms with Gasteiger partial charge in [0.25, 0.3) is 0 Å². The Morgan fingerprint density at radius 2 is 1.85 bits per heavy atom. The molecule has 3 aliphatic rings. The first-order chi connectivity index (χ1) is 16.3. The molecule has 0 saturated carbocycles. The van der Waals surface area contributed by atoms with E-state index in [2.05, 4.69) is 50.8 Å². The third-order valence-electron chi connectivity index (χ3n) is 8.67. The van der Waals surface area contributed by atoms with Crippen LogP contribution in [0.3, 0.4) is 0 Å². The number of fused-ring (bicyclic) bond motifs is 4. The van der Waals surface area contributed by atoms with E-state index in [4.69, 9.17) is 4.98 Å². The Labute approximate surface area is 201 Å². The molecule has 1 unspecified atom stereocenters. The van der Waals surface area contributed by atoms with Gasteiger partial charge in [-0.25, -0.2) is 0 Å². The van der Waals surface area contributed by atoms with E-state index in [1.165, 1.54) is 27.8 Å². The minimum atomic E-state index is -0.892. The summed E-state index contributed by atoms with van der Waals surface area (Å²) in [6, 6.07) is 14.9. The fourth-order valence-electron chi connectivity index (χ4n) is 6.87. The molecule has 1 aromatic heterocycles. The van der Waals surface area contributed by atoms with Gasteiger partial charge in [0.05, 0.1) is 16.9 Å². The molecule has 3 atom stereocenters. The van der Waals surface area contributed by atoms with Crippen LogP contribution in [0.2, 0.25) is 0 Å². The molecule has 34 heavy (non-hydrogen) atoms. The Kier molecular flexibility index (Phi) is 4.66. The van der Waals surface area contributed by atoms with Crippen LogP contribution in [0.1, 0.15) is 49.8 Å². The fraction of sp³-hybridized carbons (Fsp3) is 0.323. The number of benzene rings is 2. The zero-order chi connectivity index (χ0) is 23.8. The zero-order valence-corrected chi connectivity index (χ0v) is 20.2. The molecule has 3 heteroatoms. The van der Waals surface area contributed by atoms with Gasteiger partial charge in [-0.3, -0.25) is 4.98 Å². The van der Waals surface area contributed by atoms with Gasteiger partial charge in [-0.05, 0) is 102 Å². The van der Waals surface area contributed by atoms with E-state index in [0.717, 1.165) is 46.0 Å². The topological polar surface area (TPSA) is 53.4 Å². The van der Waals surface area contributed by atoms with Gasteiger partial charge in [0.2, 0.25) is 0 Å². The summed E-state index contributed by atoms with van der Waals surface area (Å²) in [7, 11) is 0. The molecule has 0 amide bonds. The number of aliphatic hydroxyl groups is 2. The number of aromatic nitrogens is 1. The smallest absolute Gasteiger partial charge is 0.0930 e. The van der Waals surface area contributed by atoms with Crippen LogP contribution in [-0.2, 0) is 6.42 Å². The first-order valence-corrected chi connectivity index (χ1v) is 12.3. The largest absolute Gasteiger partial charge is 0.512 e. The van der Waals surface area contributed by atoms with Crippen molar-refractivity contribution in [3.8, 4) is 11.1 Å². The van der Waals surface area contributed by atoms with Gasteiger partial charge >= 0.3 is 0 Å². The molecule has 2 aromatic carbocycles. The Balaban J connectivity index is 1.51. The lowest BCUT2D eigenvalue weighted by Crippen LogP contribution is -2.48. The summed E-state index contributed by atoms with van der Waals surface area (Å²) in [4.78, 5) is 4.72. The summed E-state index contributed by atoms with van der Waals surface area (Å²) in [6.07, 6.45) is 4.83. The number of hydrogen-bond donors (Lipinski definition) is 2. The third-order valence-corrected chi connectivity index (χ3v) is 8.67. The molecule has 0 aliphatic heterocycles. The molecule has 0 bridgehead atoms. The van der Waals surface area contributed by atoms with E-state index in [1.807, 2.05) is 25.3 Å². The van der Waals surface area contributed by atoms with Crippen LogP contribution in [-0.4, -0.2) is 20.8 Å². The molecule has 1 heterocycles. The number of pyridine rings is 1. The number of rotatable bonds is 1. The number of para-hydroxylation sites is 1. The molecule has 0 radical (unpaired) electrons. The van der Waals surface area contributed by atoms with Crippen molar-refractivity contribution in [3.63, 3.8) is 0 Å². The van der Waals surface area contributed by atoms with E-state index < -0.39 is 5.60 Å². The molecule has 0 saturated heterocycles. The summed E-state index contributed by atoms with van der Waals surface area (Å²) in [5.41, 5.74) is 10.5. The highest BCUT2D eigenvalue weighted by molar-refractivity contribution is 5.90. The Bertz CT molecular complexity index is 1440. The number of aliphatic hydroxyl groups excluding tert-OH is 1. The highest BCUT2D eigenvalue weighted by atomic mass is 16.3. The van der Waals surface area contributed by atoms with E-state index in [9.17, 15) is 10.2 Å². The van der Waals surface area contributed by atoms with Gasteiger partial charge < -0.3 is 10.2 Å². The van der Waals surface area contributed by atoms with Crippen molar-refractivity contribution in [2.24, 2.45) is 11.8 Å². The molecule has 6 rings (SSSR count). The Hall–Kier alpha value is -3.17.